The van der Waals surface area contributed by atoms with Gasteiger partial charge in [0.15, 0.2) is 28.8 Å². The van der Waals surface area contributed by atoms with E-state index in [4.69, 9.17) is 3.07 Å². The smallest absolute Gasteiger partial charge is 0.192 e. The Labute approximate surface area is 61.3 Å². The van der Waals surface area contributed by atoms with Crippen molar-refractivity contribution in [2.24, 2.45) is 7.05 Å². The van der Waals surface area contributed by atoms with Crippen LogP contribution < -0.4 is 3.07 Å². The maximum absolute atomic E-state index is 4.82. The summed E-state index contributed by atoms with van der Waals surface area (Å²) >= 11 is 1.81. The van der Waals surface area contributed by atoms with E-state index in [0.29, 0.717) is 0 Å². The fourth-order valence-electron chi connectivity index (χ4n) is 0.439. The number of halogens is 1. The Morgan fingerprint density at radius 2 is 2.62 bits per heavy atom. The van der Waals surface area contributed by atoms with Gasteiger partial charge in [0.1, 0.15) is 0 Å². The lowest BCUT2D eigenvalue weighted by atomic mass is 10.7. The van der Waals surface area contributed by atoms with Gasteiger partial charge < -0.3 is 3.07 Å². The molecule has 44 valence electrons. The van der Waals surface area contributed by atoms with Crippen LogP contribution in [0.5, 0.6) is 5.75 Å². The molecule has 0 atom stereocenters. The molecule has 0 fully saturated rings. The van der Waals surface area contributed by atoms with Gasteiger partial charge in [-0.3, -0.25) is 4.68 Å². The number of aromatic nitrogens is 2. The Kier molecular flexibility index (Phi) is 1.72. The van der Waals surface area contributed by atoms with Crippen molar-refractivity contribution in [1.29, 1.82) is 0 Å². The first kappa shape index (κ1) is 5.87. The first-order valence-corrected chi connectivity index (χ1v) is 2.98. The third-order valence-electron chi connectivity index (χ3n) is 0.770. The molecule has 0 saturated heterocycles. The highest BCUT2D eigenvalue weighted by Gasteiger charge is 1.90. The van der Waals surface area contributed by atoms with E-state index in [1.165, 1.54) is 0 Å². The average molecular weight is 224 g/mol. The lowest BCUT2D eigenvalue weighted by Crippen LogP contribution is -1.83. The lowest BCUT2D eigenvalue weighted by molar-refractivity contribution is 0.711. The average Bonchev–Trinajstić information content (AvgIpc) is 2.14. The van der Waals surface area contributed by atoms with Crippen LogP contribution in [0.3, 0.4) is 0 Å². The van der Waals surface area contributed by atoms with Crippen molar-refractivity contribution in [2.45, 2.75) is 0 Å². The summed E-state index contributed by atoms with van der Waals surface area (Å²) < 4.78 is 6.51. The largest absolute Gasteiger partial charge is 0.424 e. The third kappa shape index (κ3) is 1.12. The molecular formula is C4H5IN2O. The Balaban J connectivity index is 2.84. The van der Waals surface area contributed by atoms with Gasteiger partial charge in [0.2, 0.25) is 0 Å². The van der Waals surface area contributed by atoms with Gasteiger partial charge in [0.05, 0.1) is 12.4 Å². The number of hydrogen-bond acceptors (Lipinski definition) is 2. The van der Waals surface area contributed by atoms with Gasteiger partial charge in [0, 0.05) is 7.05 Å². The molecular weight excluding hydrogens is 219 g/mol. The van der Waals surface area contributed by atoms with Gasteiger partial charge in [-0.25, -0.2) is 0 Å². The van der Waals surface area contributed by atoms with Gasteiger partial charge in [-0.05, 0) is 0 Å². The molecule has 1 rings (SSSR count). The normalized spacial score (nSPS) is 9.25. The van der Waals surface area contributed by atoms with Crippen LogP contribution in [0.25, 0.3) is 0 Å². The minimum atomic E-state index is 0.785. The van der Waals surface area contributed by atoms with Crippen molar-refractivity contribution in [2.75, 3.05) is 0 Å². The van der Waals surface area contributed by atoms with Crippen molar-refractivity contribution in [3.63, 3.8) is 0 Å². The molecule has 0 spiro atoms. The van der Waals surface area contributed by atoms with Crippen LogP contribution >= 0.6 is 23.0 Å². The molecule has 3 nitrogen and oxygen atoms in total. The Morgan fingerprint density at radius 1 is 1.88 bits per heavy atom. The van der Waals surface area contributed by atoms with Crippen molar-refractivity contribution in [1.82, 2.24) is 9.78 Å². The standard InChI is InChI=1S/C4H5IN2O/c1-7-3-4(8-5)2-6-7/h2-3H,1H3. The molecule has 0 aliphatic rings. The predicted molar refractivity (Wildman–Crippen MR) is 37.9 cm³/mol. The molecule has 0 aromatic carbocycles. The number of rotatable bonds is 1. The summed E-state index contributed by atoms with van der Waals surface area (Å²) in [6.45, 7) is 0. The summed E-state index contributed by atoms with van der Waals surface area (Å²) in [7, 11) is 1.85. The molecule has 0 N–H and O–H groups in total. The Morgan fingerprint density at radius 3 is 2.88 bits per heavy atom. The SMILES string of the molecule is Cn1cc(OI)cn1. The maximum atomic E-state index is 4.82. The van der Waals surface area contributed by atoms with E-state index in [0.717, 1.165) is 5.75 Å². The van der Waals surface area contributed by atoms with Crippen LogP contribution in [0.4, 0.5) is 0 Å². The molecule has 0 aliphatic carbocycles. The molecule has 4 heteroatoms. The fourth-order valence-corrected chi connectivity index (χ4v) is 0.666. The summed E-state index contributed by atoms with van der Waals surface area (Å²) in [4.78, 5) is 0. The second-order valence-corrected chi connectivity index (χ2v) is 1.87. The van der Waals surface area contributed by atoms with Gasteiger partial charge in [0.25, 0.3) is 0 Å². The van der Waals surface area contributed by atoms with Gasteiger partial charge in [-0.15, -0.1) is 0 Å². The first-order valence-electron chi connectivity index (χ1n) is 2.10. The van der Waals surface area contributed by atoms with Crippen LogP contribution in [0, 0.1) is 0 Å². The van der Waals surface area contributed by atoms with Crippen LogP contribution in [0.1, 0.15) is 0 Å². The second-order valence-electron chi connectivity index (χ2n) is 1.43. The van der Waals surface area contributed by atoms with Crippen molar-refractivity contribution >= 4 is 23.0 Å². The summed E-state index contributed by atoms with van der Waals surface area (Å²) in [5, 5.41) is 3.87. The molecule has 8 heavy (non-hydrogen) atoms. The molecule has 0 bridgehead atoms. The molecule has 1 aromatic heterocycles. The van der Waals surface area contributed by atoms with E-state index < -0.39 is 0 Å². The summed E-state index contributed by atoms with van der Waals surface area (Å²) in [6, 6.07) is 0. The molecule has 0 unspecified atom stereocenters. The number of hydrogen-bond donors (Lipinski definition) is 0. The monoisotopic (exact) mass is 224 g/mol. The zero-order chi connectivity index (χ0) is 5.98. The zero-order valence-corrected chi connectivity index (χ0v) is 6.49. The summed E-state index contributed by atoms with van der Waals surface area (Å²) in [6.07, 6.45) is 3.46. The van der Waals surface area contributed by atoms with Crippen LogP contribution in [-0.2, 0) is 7.05 Å². The second kappa shape index (κ2) is 2.34. The number of nitrogens with zero attached hydrogens (tertiary/aromatic N) is 2. The van der Waals surface area contributed by atoms with Gasteiger partial charge in [-0.2, -0.15) is 5.10 Å². The highest BCUT2D eigenvalue weighted by Crippen LogP contribution is 2.08. The van der Waals surface area contributed by atoms with Crippen LogP contribution in [0.15, 0.2) is 12.4 Å². The van der Waals surface area contributed by atoms with Crippen LogP contribution in [0.2, 0.25) is 0 Å². The molecule has 1 aromatic rings. The van der Waals surface area contributed by atoms with E-state index in [9.17, 15) is 0 Å². The highest BCUT2D eigenvalue weighted by atomic mass is 127. The molecule has 0 amide bonds. The Bertz CT molecular complexity index is 174. The van der Waals surface area contributed by atoms with Crippen molar-refractivity contribution in [3.05, 3.63) is 12.4 Å². The quantitative estimate of drug-likeness (QED) is 0.669. The zero-order valence-electron chi connectivity index (χ0n) is 4.34. The summed E-state index contributed by atoms with van der Waals surface area (Å²) in [5.41, 5.74) is 0. The number of aryl methyl sites for hydroxylation is 1. The maximum Gasteiger partial charge on any atom is 0.192 e. The lowest BCUT2D eigenvalue weighted by Gasteiger charge is -1.83. The third-order valence-corrected chi connectivity index (χ3v) is 1.28. The van der Waals surface area contributed by atoms with Crippen LogP contribution in [-0.4, -0.2) is 9.78 Å². The van der Waals surface area contributed by atoms with E-state index in [1.807, 2.05) is 30.1 Å². The van der Waals surface area contributed by atoms with E-state index in [-0.39, 0.29) is 0 Å². The topological polar surface area (TPSA) is 27.1 Å². The minimum absolute atomic E-state index is 0.785. The van der Waals surface area contributed by atoms with E-state index >= 15 is 0 Å². The van der Waals surface area contributed by atoms with E-state index in [1.54, 1.807) is 17.1 Å². The van der Waals surface area contributed by atoms with Gasteiger partial charge in [-0.1, -0.05) is 0 Å². The fraction of sp³-hybridized carbons (Fsp3) is 0.250. The first-order chi connectivity index (χ1) is 3.83. The van der Waals surface area contributed by atoms with E-state index in [2.05, 4.69) is 5.10 Å². The van der Waals surface area contributed by atoms with Crippen molar-refractivity contribution < 1.29 is 3.07 Å². The molecule has 0 saturated carbocycles. The molecule has 0 aliphatic heterocycles. The van der Waals surface area contributed by atoms with Gasteiger partial charge >= 0.3 is 0 Å². The molecule has 0 radical (unpaired) electrons. The molecule has 1 heterocycles. The summed E-state index contributed by atoms with van der Waals surface area (Å²) in [5.74, 6) is 0.785. The minimum Gasteiger partial charge on any atom is -0.424 e. The highest BCUT2D eigenvalue weighted by molar-refractivity contribution is 14.1. The Hall–Kier alpha value is -0.260. The predicted octanol–water partition coefficient (Wildman–Crippen LogP) is 1.15. The van der Waals surface area contributed by atoms with Crippen molar-refractivity contribution in [3.8, 4) is 5.75 Å².